The number of fused-ring (bicyclic) bond motifs is 1. The number of hydrogen-bond acceptors (Lipinski definition) is 4. The molecule has 0 unspecified atom stereocenters. The van der Waals surface area contributed by atoms with Crippen molar-refractivity contribution in [1.29, 1.82) is 0 Å². The molecule has 2 N–H and O–H groups in total. The minimum Gasteiger partial charge on any atom is -0.477 e. The van der Waals surface area contributed by atoms with E-state index in [0.29, 0.717) is 18.7 Å². The number of aryl methyl sites for hydroxylation is 1. The van der Waals surface area contributed by atoms with E-state index < -0.39 is 5.97 Å². The number of rotatable bonds is 5. The average Bonchev–Trinajstić information content (AvgIpc) is 3.09. The number of hydrogen-bond donors (Lipinski definition) is 2. The normalized spacial score (nSPS) is 11.7. The third-order valence-corrected chi connectivity index (χ3v) is 4.90. The maximum absolute atomic E-state index is 12.2. The lowest BCUT2D eigenvalue weighted by Gasteiger charge is -2.17. The van der Waals surface area contributed by atoms with E-state index in [9.17, 15) is 14.7 Å². The van der Waals surface area contributed by atoms with Gasteiger partial charge in [0.1, 0.15) is 5.69 Å². The number of carboxylic acid groups (broad SMARTS) is 1. The van der Waals surface area contributed by atoms with Gasteiger partial charge in [0.25, 0.3) is 0 Å². The van der Waals surface area contributed by atoms with Gasteiger partial charge in [0.15, 0.2) is 0 Å². The second kappa shape index (κ2) is 7.15. The first-order chi connectivity index (χ1) is 12.6. The van der Waals surface area contributed by atoms with Crippen LogP contribution in [-0.4, -0.2) is 26.5 Å². The van der Waals surface area contributed by atoms with Crippen molar-refractivity contribution < 1.29 is 14.7 Å². The molecule has 6 nitrogen and oxygen atoms in total. The molecule has 0 radical (unpaired) electrons. The molecule has 0 spiro atoms. The van der Waals surface area contributed by atoms with Crippen molar-refractivity contribution in [3.63, 3.8) is 0 Å². The first kappa shape index (κ1) is 19.1. The van der Waals surface area contributed by atoms with E-state index in [1.807, 2.05) is 45.2 Å². The van der Waals surface area contributed by atoms with Crippen LogP contribution >= 0.6 is 11.3 Å². The number of carbonyl (C=O) groups excluding carboxylic acids is 1. The van der Waals surface area contributed by atoms with Crippen molar-refractivity contribution in [3.05, 3.63) is 46.0 Å². The molecule has 3 aromatic rings. The molecule has 0 fully saturated rings. The monoisotopic (exact) mass is 385 g/mol. The molecular formula is C20H23N3O3S. The summed E-state index contributed by atoms with van der Waals surface area (Å²) < 4.78 is 1.74. The average molecular weight is 385 g/mol. The predicted molar refractivity (Wildman–Crippen MR) is 108 cm³/mol. The summed E-state index contributed by atoms with van der Waals surface area (Å²) in [6.45, 7) is 8.34. The second-order valence-electron chi connectivity index (χ2n) is 7.84. The van der Waals surface area contributed by atoms with Crippen molar-refractivity contribution in [3.8, 4) is 0 Å². The Labute approximate surface area is 161 Å². The van der Waals surface area contributed by atoms with Gasteiger partial charge in [-0.15, -0.1) is 11.3 Å². The van der Waals surface area contributed by atoms with Crippen LogP contribution in [0.4, 0.5) is 5.69 Å². The zero-order chi connectivity index (χ0) is 19.8. The molecule has 27 heavy (non-hydrogen) atoms. The quantitative estimate of drug-likeness (QED) is 0.676. The second-order valence-corrected chi connectivity index (χ2v) is 8.90. The number of thiazole rings is 1. The zero-order valence-electron chi connectivity index (χ0n) is 15.9. The molecule has 0 bridgehead atoms. The number of aromatic nitrogens is 2. The highest BCUT2D eigenvalue weighted by Gasteiger charge is 2.18. The molecule has 142 valence electrons. The van der Waals surface area contributed by atoms with E-state index >= 15 is 0 Å². The number of amides is 1. The van der Waals surface area contributed by atoms with Gasteiger partial charge in [-0.05, 0) is 36.6 Å². The van der Waals surface area contributed by atoms with Gasteiger partial charge < -0.3 is 15.0 Å². The summed E-state index contributed by atoms with van der Waals surface area (Å²) in [4.78, 5) is 28.3. The van der Waals surface area contributed by atoms with Crippen LogP contribution in [-0.2, 0) is 11.3 Å². The van der Waals surface area contributed by atoms with Crippen LogP contribution in [0.15, 0.2) is 29.6 Å². The summed E-state index contributed by atoms with van der Waals surface area (Å²) in [5.74, 6) is -1.05. The van der Waals surface area contributed by atoms with Crippen LogP contribution in [0.25, 0.3) is 10.9 Å². The molecule has 0 aliphatic heterocycles. The van der Waals surface area contributed by atoms with Crippen molar-refractivity contribution in [1.82, 2.24) is 9.55 Å². The fraction of sp³-hybridized carbons (Fsp3) is 0.350. The van der Waals surface area contributed by atoms with Gasteiger partial charge in [0.2, 0.25) is 5.91 Å². The summed E-state index contributed by atoms with van der Waals surface area (Å²) in [5.41, 5.74) is 2.40. The molecular weight excluding hydrogens is 362 g/mol. The third-order valence-electron chi connectivity index (χ3n) is 4.08. The summed E-state index contributed by atoms with van der Waals surface area (Å²) in [6.07, 6.45) is 0.412. The molecule has 2 aromatic heterocycles. The summed E-state index contributed by atoms with van der Waals surface area (Å²) in [5, 5.41) is 16.1. The lowest BCUT2D eigenvalue weighted by Crippen LogP contribution is -2.19. The Kier molecular flexibility index (Phi) is 5.06. The Morgan fingerprint density at radius 1 is 1.26 bits per heavy atom. The molecule has 1 aromatic carbocycles. The van der Waals surface area contributed by atoms with Crippen LogP contribution in [0.2, 0.25) is 0 Å². The standard InChI is InChI=1S/C20H23N3O3S/c1-12-21-15(11-27-12)10-23-16-6-5-14(22-18(24)9-20(2,3)4)7-13(16)8-17(23)19(25)26/h5-8,11H,9-10H2,1-4H3,(H,22,24)(H,25,26). The molecule has 0 saturated carbocycles. The maximum Gasteiger partial charge on any atom is 0.352 e. The number of carbonyl (C=O) groups is 2. The lowest BCUT2D eigenvalue weighted by molar-refractivity contribution is -0.117. The number of nitrogens with one attached hydrogen (secondary N) is 1. The van der Waals surface area contributed by atoms with E-state index in [2.05, 4.69) is 10.3 Å². The zero-order valence-corrected chi connectivity index (χ0v) is 16.7. The number of anilines is 1. The Balaban J connectivity index is 1.93. The highest BCUT2D eigenvalue weighted by Crippen LogP contribution is 2.26. The van der Waals surface area contributed by atoms with Gasteiger partial charge >= 0.3 is 5.97 Å². The number of carboxylic acids is 1. The fourth-order valence-corrected chi connectivity index (χ4v) is 3.63. The summed E-state index contributed by atoms with van der Waals surface area (Å²) >= 11 is 1.54. The topological polar surface area (TPSA) is 84.2 Å². The Morgan fingerprint density at radius 3 is 2.59 bits per heavy atom. The van der Waals surface area contributed by atoms with Gasteiger partial charge in [-0.25, -0.2) is 9.78 Å². The van der Waals surface area contributed by atoms with Crippen molar-refractivity contribution in [2.75, 3.05) is 5.32 Å². The minimum absolute atomic E-state index is 0.0577. The maximum atomic E-state index is 12.2. The highest BCUT2D eigenvalue weighted by atomic mass is 32.1. The Hall–Kier alpha value is -2.67. The number of aromatic carboxylic acids is 1. The van der Waals surface area contributed by atoms with Crippen molar-refractivity contribution in [2.24, 2.45) is 5.41 Å². The minimum atomic E-state index is -0.989. The van der Waals surface area contributed by atoms with E-state index in [-0.39, 0.29) is 17.0 Å². The van der Waals surface area contributed by atoms with Gasteiger partial charge in [0.05, 0.1) is 17.2 Å². The molecule has 2 heterocycles. The first-order valence-corrected chi connectivity index (χ1v) is 9.58. The Bertz CT molecular complexity index is 1010. The molecule has 7 heteroatoms. The SMILES string of the molecule is Cc1nc(Cn2c(C(=O)O)cc3cc(NC(=O)CC(C)(C)C)ccc32)cs1. The number of benzene rings is 1. The van der Waals surface area contributed by atoms with Gasteiger partial charge in [0, 0.05) is 28.4 Å². The lowest BCUT2D eigenvalue weighted by atomic mass is 9.92. The molecule has 0 saturated heterocycles. The van der Waals surface area contributed by atoms with Gasteiger partial charge in [-0.2, -0.15) is 0 Å². The molecule has 1 amide bonds. The molecule has 0 atom stereocenters. The van der Waals surface area contributed by atoms with Crippen LogP contribution in [0, 0.1) is 12.3 Å². The van der Waals surface area contributed by atoms with E-state index in [1.54, 1.807) is 28.0 Å². The van der Waals surface area contributed by atoms with Crippen molar-refractivity contribution in [2.45, 2.75) is 40.7 Å². The highest BCUT2D eigenvalue weighted by molar-refractivity contribution is 7.09. The summed E-state index contributed by atoms with van der Waals surface area (Å²) in [6, 6.07) is 7.09. The van der Waals surface area contributed by atoms with Crippen LogP contribution < -0.4 is 5.32 Å². The summed E-state index contributed by atoms with van der Waals surface area (Å²) in [7, 11) is 0. The first-order valence-electron chi connectivity index (χ1n) is 8.70. The van der Waals surface area contributed by atoms with Gasteiger partial charge in [-0.1, -0.05) is 20.8 Å². The largest absolute Gasteiger partial charge is 0.477 e. The van der Waals surface area contributed by atoms with Crippen molar-refractivity contribution >= 4 is 39.8 Å². The fourth-order valence-electron chi connectivity index (χ4n) is 3.03. The van der Waals surface area contributed by atoms with E-state index in [1.165, 1.54) is 0 Å². The molecule has 3 rings (SSSR count). The molecule has 0 aliphatic rings. The molecule has 0 aliphatic carbocycles. The van der Waals surface area contributed by atoms with Crippen LogP contribution in [0.3, 0.4) is 0 Å². The predicted octanol–water partition coefficient (Wildman–Crippen LogP) is 4.53. The Morgan fingerprint density at radius 2 is 2.00 bits per heavy atom. The smallest absolute Gasteiger partial charge is 0.352 e. The third kappa shape index (κ3) is 4.54. The van der Waals surface area contributed by atoms with Crippen LogP contribution in [0.5, 0.6) is 0 Å². The van der Waals surface area contributed by atoms with Gasteiger partial charge in [-0.3, -0.25) is 4.79 Å². The van der Waals surface area contributed by atoms with E-state index in [4.69, 9.17) is 0 Å². The van der Waals surface area contributed by atoms with Crippen LogP contribution in [0.1, 0.15) is 48.4 Å². The number of nitrogens with zero attached hydrogens (tertiary/aromatic N) is 2. The van der Waals surface area contributed by atoms with E-state index in [0.717, 1.165) is 21.6 Å².